The minimum absolute atomic E-state index is 0.00428. The van der Waals surface area contributed by atoms with Crippen molar-refractivity contribution in [1.29, 1.82) is 5.26 Å². The van der Waals surface area contributed by atoms with Gasteiger partial charge in [0.2, 0.25) is 0 Å². The second kappa shape index (κ2) is 8.35. The van der Waals surface area contributed by atoms with Gasteiger partial charge in [0.1, 0.15) is 24.2 Å². The number of nitriles is 1. The van der Waals surface area contributed by atoms with Crippen LogP contribution in [0.15, 0.2) is 41.6 Å². The molecule has 0 fully saturated rings. The zero-order chi connectivity index (χ0) is 22.1. The highest BCUT2D eigenvalue weighted by atomic mass is 16.5. The smallest absolute Gasteiger partial charge is 0.307 e. The lowest BCUT2D eigenvalue weighted by atomic mass is 10.0. The summed E-state index contributed by atoms with van der Waals surface area (Å²) >= 11 is 0. The van der Waals surface area contributed by atoms with E-state index in [1.165, 1.54) is 5.56 Å². The molecule has 0 spiro atoms. The molecule has 0 amide bonds. The maximum Gasteiger partial charge on any atom is 0.307 e. The monoisotopic (exact) mass is 418 g/mol. The van der Waals surface area contributed by atoms with Gasteiger partial charge < -0.3 is 19.5 Å². The first kappa shape index (κ1) is 20.8. The molecule has 6 heteroatoms. The summed E-state index contributed by atoms with van der Waals surface area (Å²) in [6, 6.07) is 11.8. The van der Waals surface area contributed by atoms with Crippen LogP contribution in [0.3, 0.4) is 0 Å². The van der Waals surface area contributed by atoms with Gasteiger partial charge in [-0.25, -0.2) is 0 Å². The zero-order valence-corrected chi connectivity index (χ0v) is 18.1. The van der Waals surface area contributed by atoms with Crippen LogP contribution < -0.4 is 14.4 Å². The number of anilines is 1. The van der Waals surface area contributed by atoms with Gasteiger partial charge in [-0.05, 0) is 73.7 Å². The molecule has 2 aromatic carbocycles. The summed E-state index contributed by atoms with van der Waals surface area (Å²) in [7, 11) is 0. The quantitative estimate of drug-likeness (QED) is 0.700. The van der Waals surface area contributed by atoms with Gasteiger partial charge in [0.25, 0.3) is 0 Å². The standard InChI is InChI=1S/C25H26N2O4/c1-15(2)31-24-6-4-17(10-19(24)13-26)14-30-23-7-5-21-20(16(23)3)12-22-18(11-25(28)29)8-9-27(21)22/h4-7,10,15H,8-9,11-12,14H2,1-3H3,(H,28,29). The molecule has 2 aliphatic rings. The minimum atomic E-state index is -0.775. The molecule has 0 bridgehead atoms. The number of rotatable bonds is 7. The van der Waals surface area contributed by atoms with Crippen molar-refractivity contribution in [2.24, 2.45) is 0 Å². The van der Waals surface area contributed by atoms with Crippen LogP contribution in [0.5, 0.6) is 11.5 Å². The van der Waals surface area contributed by atoms with Gasteiger partial charge in [-0.2, -0.15) is 5.26 Å². The van der Waals surface area contributed by atoms with Crippen LogP contribution in [0.1, 0.15) is 48.9 Å². The van der Waals surface area contributed by atoms with Crippen molar-refractivity contribution >= 4 is 11.7 Å². The van der Waals surface area contributed by atoms with Crippen LogP contribution in [0.2, 0.25) is 0 Å². The highest BCUT2D eigenvalue weighted by molar-refractivity contribution is 5.75. The number of aliphatic carboxylic acids is 1. The Morgan fingerprint density at radius 3 is 2.74 bits per heavy atom. The van der Waals surface area contributed by atoms with Gasteiger partial charge in [0, 0.05) is 24.4 Å². The first-order valence-electron chi connectivity index (χ1n) is 10.5. The fourth-order valence-electron chi connectivity index (χ4n) is 4.37. The van der Waals surface area contributed by atoms with Crippen LogP contribution in [0.4, 0.5) is 5.69 Å². The third-order valence-electron chi connectivity index (χ3n) is 5.82. The van der Waals surface area contributed by atoms with Gasteiger partial charge >= 0.3 is 5.97 Å². The van der Waals surface area contributed by atoms with Crippen LogP contribution in [0.25, 0.3) is 0 Å². The maximum absolute atomic E-state index is 11.2. The van der Waals surface area contributed by atoms with Crippen LogP contribution >= 0.6 is 0 Å². The lowest BCUT2D eigenvalue weighted by Gasteiger charge is -2.17. The van der Waals surface area contributed by atoms with E-state index in [2.05, 4.69) is 17.0 Å². The molecule has 1 N–H and O–H groups in total. The number of carboxylic acids is 1. The van der Waals surface area contributed by atoms with E-state index < -0.39 is 5.97 Å². The molecule has 4 rings (SSSR count). The summed E-state index contributed by atoms with van der Waals surface area (Å²) in [5.41, 5.74) is 7.00. The van der Waals surface area contributed by atoms with Crippen molar-refractivity contribution < 1.29 is 19.4 Å². The Kier molecular flexibility index (Phi) is 5.60. The van der Waals surface area contributed by atoms with Gasteiger partial charge in [-0.15, -0.1) is 0 Å². The molecule has 0 saturated carbocycles. The largest absolute Gasteiger partial charge is 0.490 e. The van der Waals surface area contributed by atoms with Crippen molar-refractivity contribution in [2.75, 3.05) is 11.4 Å². The van der Waals surface area contributed by atoms with E-state index in [4.69, 9.17) is 9.47 Å². The molecule has 2 aliphatic heterocycles. The molecular weight excluding hydrogens is 392 g/mol. The number of carbonyl (C=O) groups is 1. The SMILES string of the molecule is Cc1c(OCc2ccc(OC(C)C)c(C#N)c2)ccc2c1CC1=C(CC(=O)O)CCN12. The Hall–Kier alpha value is -3.46. The predicted molar refractivity (Wildman–Crippen MR) is 117 cm³/mol. The number of hydrogen-bond acceptors (Lipinski definition) is 5. The highest BCUT2D eigenvalue weighted by Gasteiger charge is 2.33. The Bertz CT molecular complexity index is 1110. The third-order valence-corrected chi connectivity index (χ3v) is 5.82. The van der Waals surface area contributed by atoms with Gasteiger partial charge in [-0.1, -0.05) is 6.07 Å². The summed E-state index contributed by atoms with van der Waals surface area (Å²) in [6.45, 7) is 7.10. The van der Waals surface area contributed by atoms with Gasteiger partial charge in [0.15, 0.2) is 0 Å². The molecule has 0 aliphatic carbocycles. The summed E-state index contributed by atoms with van der Waals surface area (Å²) in [5.74, 6) is 0.616. The number of fused-ring (bicyclic) bond motifs is 3. The molecule has 160 valence electrons. The lowest BCUT2D eigenvalue weighted by molar-refractivity contribution is -0.136. The van der Waals surface area contributed by atoms with Crippen molar-refractivity contribution in [1.82, 2.24) is 0 Å². The second-order valence-corrected chi connectivity index (χ2v) is 8.28. The first-order valence-corrected chi connectivity index (χ1v) is 10.5. The molecule has 0 atom stereocenters. The molecule has 0 aromatic heterocycles. The van der Waals surface area contributed by atoms with E-state index >= 15 is 0 Å². The predicted octanol–water partition coefficient (Wildman–Crippen LogP) is 4.73. The van der Waals surface area contributed by atoms with Gasteiger partial charge in [0.05, 0.1) is 18.1 Å². The summed E-state index contributed by atoms with van der Waals surface area (Å²) in [6.07, 6.45) is 1.68. The molecule has 0 radical (unpaired) electrons. The van der Waals surface area contributed by atoms with Crippen LogP contribution in [-0.2, 0) is 17.8 Å². The number of carboxylic acid groups (broad SMARTS) is 1. The van der Waals surface area contributed by atoms with E-state index in [1.807, 2.05) is 39.0 Å². The molecule has 2 aromatic rings. The fourth-order valence-corrected chi connectivity index (χ4v) is 4.37. The first-order chi connectivity index (χ1) is 14.9. The number of nitrogens with zero attached hydrogens (tertiary/aromatic N) is 2. The molecule has 31 heavy (non-hydrogen) atoms. The number of hydrogen-bond donors (Lipinski definition) is 1. The van der Waals surface area contributed by atoms with Crippen LogP contribution in [-0.4, -0.2) is 23.7 Å². The second-order valence-electron chi connectivity index (χ2n) is 8.28. The van der Waals surface area contributed by atoms with Crippen molar-refractivity contribution in [2.45, 2.75) is 52.7 Å². The van der Waals surface area contributed by atoms with Crippen molar-refractivity contribution in [3.63, 3.8) is 0 Å². The lowest BCUT2D eigenvalue weighted by Crippen LogP contribution is -2.13. The Labute approximate surface area is 182 Å². The zero-order valence-electron chi connectivity index (χ0n) is 18.1. The average molecular weight is 418 g/mol. The molecular formula is C25H26N2O4. The molecule has 0 saturated heterocycles. The van der Waals surface area contributed by atoms with E-state index in [0.717, 1.165) is 53.2 Å². The third kappa shape index (κ3) is 4.09. The van der Waals surface area contributed by atoms with Gasteiger partial charge in [-0.3, -0.25) is 4.79 Å². The molecule has 2 heterocycles. The summed E-state index contributed by atoms with van der Waals surface area (Å²) in [4.78, 5) is 13.4. The highest BCUT2D eigenvalue weighted by Crippen LogP contribution is 2.44. The topological polar surface area (TPSA) is 82.8 Å². The fraction of sp³-hybridized carbons (Fsp3) is 0.360. The molecule has 0 unspecified atom stereocenters. The summed E-state index contributed by atoms with van der Waals surface area (Å²) in [5, 5.41) is 18.6. The Morgan fingerprint density at radius 1 is 1.26 bits per heavy atom. The summed E-state index contributed by atoms with van der Waals surface area (Å²) < 4.78 is 11.8. The Morgan fingerprint density at radius 2 is 2.03 bits per heavy atom. The minimum Gasteiger partial charge on any atom is -0.490 e. The molecule has 6 nitrogen and oxygen atoms in total. The van der Waals surface area contributed by atoms with Crippen molar-refractivity contribution in [3.8, 4) is 17.6 Å². The van der Waals surface area contributed by atoms with E-state index in [0.29, 0.717) is 17.9 Å². The van der Waals surface area contributed by atoms with Crippen LogP contribution in [0, 0.1) is 18.3 Å². The maximum atomic E-state index is 11.2. The van der Waals surface area contributed by atoms with E-state index in [9.17, 15) is 15.2 Å². The van der Waals surface area contributed by atoms with E-state index in [1.54, 1.807) is 6.07 Å². The van der Waals surface area contributed by atoms with E-state index in [-0.39, 0.29) is 12.5 Å². The number of benzene rings is 2. The number of allylic oxidation sites excluding steroid dienone is 1. The normalized spacial score (nSPS) is 14.5. The number of ether oxygens (including phenoxy) is 2. The Balaban J connectivity index is 1.52. The van der Waals surface area contributed by atoms with Crippen molar-refractivity contribution in [3.05, 3.63) is 63.9 Å². The average Bonchev–Trinajstić information content (AvgIpc) is 3.28.